The highest BCUT2D eigenvalue weighted by atomic mass is 16.3. The molecule has 3 rings (SSSR count). The van der Waals surface area contributed by atoms with Gasteiger partial charge in [-0.3, -0.25) is 4.98 Å². The van der Waals surface area contributed by atoms with Crippen molar-refractivity contribution in [3.8, 4) is 11.5 Å². The quantitative estimate of drug-likeness (QED) is 0.907. The fraction of sp³-hybridized carbons (Fsp3) is 0.375. The molecule has 5 heteroatoms. The standard InChI is InChI=1S/C16H19N3O2/c20-16(19-13-4-1-2-5-13)18-11-12-7-8-17-14(10-12)15-6-3-9-21-15/h3,6-10,13H,1-2,4-5,11H2,(H2,18,19,20). The van der Waals surface area contributed by atoms with Crippen molar-refractivity contribution in [2.24, 2.45) is 0 Å². The van der Waals surface area contributed by atoms with Gasteiger partial charge in [0.25, 0.3) is 0 Å². The number of carbonyl (C=O) groups excluding carboxylic acids is 1. The van der Waals surface area contributed by atoms with Crippen LogP contribution in [-0.4, -0.2) is 17.1 Å². The van der Waals surface area contributed by atoms with E-state index in [0.29, 0.717) is 12.6 Å². The topological polar surface area (TPSA) is 67.2 Å². The van der Waals surface area contributed by atoms with E-state index < -0.39 is 0 Å². The molecule has 0 bridgehead atoms. The monoisotopic (exact) mass is 285 g/mol. The molecule has 0 atom stereocenters. The number of hydrogen-bond acceptors (Lipinski definition) is 3. The van der Waals surface area contributed by atoms with Gasteiger partial charge in [-0.2, -0.15) is 0 Å². The van der Waals surface area contributed by atoms with Crippen molar-refractivity contribution in [2.75, 3.05) is 0 Å². The molecule has 5 nitrogen and oxygen atoms in total. The summed E-state index contributed by atoms with van der Waals surface area (Å²) in [5.41, 5.74) is 1.77. The van der Waals surface area contributed by atoms with Crippen LogP contribution in [-0.2, 0) is 6.54 Å². The summed E-state index contributed by atoms with van der Waals surface area (Å²) in [5, 5.41) is 5.90. The first-order chi connectivity index (χ1) is 10.3. The minimum absolute atomic E-state index is 0.0988. The highest BCUT2D eigenvalue weighted by Gasteiger charge is 2.16. The van der Waals surface area contributed by atoms with Gasteiger partial charge in [0.1, 0.15) is 5.69 Å². The van der Waals surface area contributed by atoms with Crippen LogP contribution in [0.5, 0.6) is 0 Å². The van der Waals surface area contributed by atoms with Gasteiger partial charge in [0.05, 0.1) is 6.26 Å². The molecule has 2 heterocycles. The number of pyridine rings is 1. The second-order valence-corrected chi connectivity index (χ2v) is 5.34. The van der Waals surface area contributed by atoms with Gasteiger partial charge >= 0.3 is 6.03 Å². The Balaban J connectivity index is 1.55. The summed E-state index contributed by atoms with van der Waals surface area (Å²) < 4.78 is 5.33. The number of nitrogens with zero attached hydrogens (tertiary/aromatic N) is 1. The first kappa shape index (κ1) is 13.7. The van der Waals surface area contributed by atoms with E-state index in [1.54, 1.807) is 12.5 Å². The lowest BCUT2D eigenvalue weighted by Gasteiger charge is -2.13. The van der Waals surface area contributed by atoms with Crippen LogP contribution in [0, 0.1) is 0 Å². The average molecular weight is 285 g/mol. The molecular formula is C16H19N3O2. The Morgan fingerprint density at radius 2 is 2.19 bits per heavy atom. The van der Waals surface area contributed by atoms with Crippen LogP contribution in [0.4, 0.5) is 4.79 Å². The summed E-state index contributed by atoms with van der Waals surface area (Å²) in [4.78, 5) is 16.1. The van der Waals surface area contributed by atoms with E-state index in [1.165, 1.54) is 12.8 Å². The van der Waals surface area contributed by atoms with Crippen LogP contribution in [0.25, 0.3) is 11.5 Å². The number of rotatable bonds is 4. The molecular weight excluding hydrogens is 266 g/mol. The summed E-state index contributed by atoms with van der Waals surface area (Å²) >= 11 is 0. The third-order valence-corrected chi connectivity index (χ3v) is 3.74. The number of urea groups is 1. The van der Waals surface area contributed by atoms with Crippen LogP contribution in [0.15, 0.2) is 41.1 Å². The van der Waals surface area contributed by atoms with E-state index in [-0.39, 0.29) is 6.03 Å². The highest BCUT2D eigenvalue weighted by molar-refractivity contribution is 5.74. The number of carbonyl (C=O) groups is 1. The van der Waals surface area contributed by atoms with Gasteiger partial charge in [-0.05, 0) is 42.7 Å². The van der Waals surface area contributed by atoms with Crippen molar-refractivity contribution in [3.05, 3.63) is 42.3 Å². The van der Waals surface area contributed by atoms with Crippen molar-refractivity contribution < 1.29 is 9.21 Å². The zero-order chi connectivity index (χ0) is 14.5. The van der Waals surface area contributed by atoms with Gasteiger partial charge in [0, 0.05) is 18.8 Å². The smallest absolute Gasteiger partial charge is 0.315 e. The van der Waals surface area contributed by atoms with Crippen molar-refractivity contribution >= 4 is 6.03 Å². The summed E-state index contributed by atoms with van der Waals surface area (Å²) in [6, 6.07) is 7.75. The minimum Gasteiger partial charge on any atom is -0.463 e. The summed E-state index contributed by atoms with van der Waals surface area (Å²) in [6.45, 7) is 0.481. The minimum atomic E-state index is -0.0988. The van der Waals surface area contributed by atoms with E-state index >= 15 is 0 Å². The zero-order valence-electron chi connectivity index (χ0n) is 11.8. The van der Waals surface area contributed by atoms with Gasteiger partial charge in [0.2, 0.25) is 0 Å². The summed E-state index contributed by atoms with van der Waals surface area (Å²) in [6.07, 6.45) is 7.95. The SMILES string of the molecule is O=C(NCc1ccnc(-c2ccco2)c1)NC1CCCC1. The van der Waals surface area contributed by atoms with E-state index in [0.717, 1.165) is 29.9 Å². The predicted octanol–water partition coefficient (Wildman–Crippen LogP) is 3.08. The molecule has 0 aromatic carbocycles. The Hall–Kier alpha value is -2.30. The molecule has 0 spiro atoms. The fourth-order valence-electron chi connectivity index (χ4n) is 2.63. The van der Waals surface area contributed by atoms with Gasteiger partial charge < -0.3 is 15.1 Å². The third kappa shape index (κ3) is 3.62. The van der Waals surface area contributed by atoms with Gasteiger partial charge in [0.15, 0.2) is 5.76 Å². The third-order valence-electron chi connectivity index (χ3n) is 3.74. The molecule has 110 valence electrons. The summed E-state index contributed by atoms with van der Waals surface area (Å²) in [5.74, 6) is 0.729. The molecule has 2 aromatic rings. The first-order valence-electron chi connectivity index (χ1n) is 7.34. The van der Waals surface area contributed by atoms with Crippen LogP contribution >= 0.6 is 0 Å². The van der Waals surface area contributed by atoms with E-state index in [1.807, 2.05) is 24.3 Å². The number of furan rings is 1. The first-order valence-corrected chi connectivity index (χ1v) is 7.34. The van der Waals surface area contributed by atoms with Crippen molar-refractivity contribution in [1.82, 2.24) is 15.6 Å². The lowest BCUT2D eigenvalue weighted by atomic mass is 10.2. The number of nitrogens with one attached hydrogen (secondary N) is 2. The lowest BCUT2D eigenvalue weighted by Crippen LogP contribution is -2.40. The highest BCUT2D eigenvalue weighted by Crippen LogP contribution is 2.18. The normalized spacial score (nSPS) is 15.0. The fourth-order valence-corrected chi connectivity index (χ4v) is 2.63. The van der Waals surface area contributed by atoms with Gasteiger partial charge in [-0.1, -0.05) is 12.8 Å². The van der Waals surface area contributed by atoms with Crippen LogP contribution < -0.4 is 10.6 Å². The molecule has 21 heavy (non-hydrogen) atoms. The Morgan fingerprint density at radius 1 is 1.33 bits per heavy atom. The van der Waals surface area contributed by atoms with E-state index in [2.05, 4.69) is 15.6 Å². The average Bonchev–Trinajstić information content (AvgIpc) is 3.19. The molecule has 1 aliphatic carbocycles. The predicted molar refractivity (Wildman–Crippen MR) is 79.6 cm³/mol. The van der Waals surface area contributed by atoms with Crippen LogP contribution in [0.3, 0.4) is 0 Å². The van der Waals surface area contributed by atoms with Crippen LogP contribution in [0.1, 0.15) is 31.2 Å². The maximum Gasteiger partial charge on any atom is 0.315 e. The molecule has 1 aliphatic rings. The lowest BCUT2D eigenvalue weighted by molar-refractivity contribution is 0.236. The molecule has 2 aromatic heterocycles. The maximum absolute atomic E-state index is 11.8. The zero-order valence-corrected chi connectivity index (χ0v) is 11.8. The number of amides is 2. The Labute approximate surface area is 123 Å². The maximum atomic E-state index is 11.8. The number of hydrogen-bond donors (Lipinski definition) is 2. The molecule has 0 aliphatic heterocycles. The second-order valence-electron chi connectivity index (χ2n) is 5.34. The molecule has 2 amide bonds. The Bertz CT molecular complexity index is 589. The van der Waals surface area contributed by atoms with E-state index in [4.69, 9.17) is 4.42 Å². The molecule has 2 N–H and O–H groups in total. The van der Waals surface area contributed by atoms with Crippen molar-refractivity contribution in [1.29, 1.82) is 0 Å². The van der Waals surface area contributed by atoms with Gasteiger partial charge in [-0.15, -0.1) is 0 Å². The van der Waals surface area contributed by atoms with Crippen LogP contribution in [0.2, 0.25) is 0 Å². The second kappa shape index (κ2) is 6.43. The molecule has 0 radical (unpaired) electrons. The molecule has 0 unspecified atom stereocenters. The largest absolute Gasteiger partial charge is 0.463 e. The molecule has 1 saturated carbocycles. The summed E-state index contributed by atoms with van der Waals surface area (Å²) in [7, 11) is 0. The number of aromatic nitrogens is 1. The van der Waals surface area contributed by atoms with Gasteiger partial charge in [-0.25, -0.2) is 4.79 Å². The van der Waals surface area contributed by atoms with Crippen molar-refractivity contribution in [3.63, 3.8) is 0 Å². The molecule has 1 fully saturated rings. The van der Waals surface area contributed by atoms with Crippen molar-refractivity contribution in [2.45, 2.75) is 38.3 Å². The Morgan fingerprint density at radius 3 is 2.95 bits per heavy atom. The molecule has 0 saturated heterocycles. The Kier molecular flexibility index (Phi) is 4.19. The van der Waals surface area contributed by atoms with E-state index in [9.17, 15) is 4.79 Å².